The molecule has 2 aromatic carbocycles. The van der Waals surface area contributed by atoms with Crippen LogP contribution in [-0.2, 0) is 6.54 Å². The minimum atomic E-state index is -0.197. The molecule has 130 valence electrons. The maximum Gasteiger partial charge on any atom is 0.276 e. The van der Waals surface area contributed by atoms with Crippen molar-refractivity contribution < 1.29 is 4.79 Å². The van der Waals surface area contributed by atoms with Crippen molar-refractivity contribution in [3.05, 3.63) is 59.3 Å². The number of carbonyl (C=O) groups excluding carboxylic acids is 1. The number of H-pyrrole nitrogens is 1. The topological polar surface area (TPSA) is 61.0 Å². The van der Waals surface area contributed by atoms with Gasteiger partial charge >= 0.3 is 0 Å². The normalized spacial score (nSPS) is 11.2. The summed E-state index contributed by atoms with van der Waals surface area (Å²) < 4.78 is 0. The summed E-state index contributed by atoms with van der Waals surface area (Å²) in [6.07, 6.45) is 0. The van der Waals surface area contributed by atoms with Crippen LogP contribution in [0.2, 0.25) is 0 Å². The highest BCUT2D eigenvalue weighted by Gasteiger charge is 2.14. The van der Waals surface area contributed by atoms with Gasteiger partial charge in [0, 0.05) is 17.6 Å². The van der Waals surface area contributed by atoms with Crippen molar-refractivity contribution in [1.82, 2.24) is 15.1 Å². The van der Waals surface area contributed by atoms with Gasteiger partial charge in [-0.25, -0.2) is 0 Å². The zero-order valence-corrected chi connectivity index (χ0v) is 15.0. The monoisotopic (exact) mass is 336 g/mol. The average molecular weight is 336 g/mol. The molecule has 3 rings (SSSR count). The van der Waals surface area contributed by atoms with Crippen molar-refractivity contribution >= 4 is 22.5 Å². The number of aromatic amines is 1. The minimum absolute atomic E-state index is 0.197. The van der Waals surface area contributed by atoms with E-state index in [1.54, 1.807) is 0 Å². The van der Waals surface area contributed by atoms with E-state index in [1.165, 1.54) is 5.56 Å². The van der Waals surface area contributed by atoms with E-state index in [0.717, 1.165) is 41.8 Å². The molecule has 5 nitrogen and oxygen atoms in total. The first-order valence-electron chi connectivity index (χ1n) is 8.68. The third-order valence-corrected chi connectivity index (χ3v) is 4.42. The fourth-order valence-corrected chi connectivity index (χ4v) is 2.94. The molecule has 25 heavy (non-hydrogen) atoms. The van der Waals surface area contributed by atoms with Crippen LogP contribution in [-0.4, -0.2) is 34.1 Å². The van der Waals surface area contributed by atoms with Gasteiger partial charge in [0.15, 0.2) is 5.69 Å². The summed E-state index contributed by atoms with van der Waals surface area (Å²) >= 11 is 0. The Balaban J connectivity index is 1.79. The van der Waals surface area contributed by atoms with Gasteiger partial charge in [-0.1, -0.05) is 37.6 Å². The van der Waals surface area contributed by atoms with E-state index in [4.69, 9.17) is 0 Å². The number of hydrogen-bond acceptors (Lipinski definition) is 3. The second-order valence-electron chi connectivity index (χ2n) is 6.24. The highest BCUT2D eigenvalue weighted by Crippen LogP contribution is 2.19. The zero-order chi connectivity index (χ0) is 17.8. The van der Waals surface area contributed by atoms with Gasteiger partial charge < -0.3 is 5.32 Å². The summed E-state index contributed by atoms with van der Waals surface area (Å²) in [7, 11) is 0. The first kappa shape index (κ1) is 17.2. The molecule has 1 amide bonds. The van der Waals surface area contributed by atoms with Gasteiger partial charge in [-0.2, -0.15) is 5.10 Å². The molecule has 0 fully saturated rings. The van der Waals surface area contributed by atoms with Crippen LogP contribution in [0.5, 0.6) is 0 Å². The summed E-state index contributed by atoms with van der Waals surface area (Å²) in [6.45, 7) is 9.20. The lowest BCUT2D eigenvalue weighted by molar-refractivity contribution is 0.102. The first-order valence-corrected chi connectivity index (χ1v) is 8.68. The van der Waals surface area contributed by atoms with Gasteiger partial charge in [0.2, 0.25) is 0 Å². The SMILES string of the molecule is CCN(CC)Cc1cccc(NC(=O)c2n[nH]c3ccc(C)cc23)c1. The number of hydrogen-bond donors (Lipinski definition) is 2. The van der Waals surface area contributed by atoms with Gasteiger partial charge in [0.25, 0.3) is 5.91 Å². The Bertz CT molecular complexity index is 880. The Morgan fingerprint density at radius 2 is 1.96 bits per heavy atom. The molecule has 0 unspecified atom stereocenters. The van der Waals surface area contributed by atoms with E-state index in [-0.39, 0.29) is 5.91 Å². The molecule has 5 heteroatoms. The van der Waals surface area contributed by atoms with Gasteiger partial charge in [-0.15, -0.1) is 0 Å². The lowest BCUT2D eigenvalue weighted by atomic mass is 10.1. The third kappa shape index (κ3) is 3.88. The van der Waals surface area contributed by atoms with Crippen LogP contribution in [0.3, 0.4) is 0 Å². The third-order valence-electron chi connectivity index (χ3n) is 4.42. The van der Waals surface area contributed by atoms with Gasteiger partial charge in [0.1, 0.15) is 0 Å². The maximum absolute atomic E-state index is 12.6. The molecule has 1 aromatic heterocycles. The molecule has 0 atom stereocenters. The number of aryl methyl sites for hydroxylation is 1. The lowest BCUT2D eigenvalue weighted by Gasteiger charge is -2.18. The van der Waals surface area contributed by atoms with Crippen LogP contribution in [0.1, 0.15) is 35.5 Å². The van der Waals surface area contributed by atoms with Gasteiger partial charge in [-0.3, -0.25) is 14.8 Å². The molecule has 0 aliphatic rings. The molecule has 1 heterocycles. The molecule has 0 saturated heterocycles. The molecule has 3 aromatic rings. The van der Waals surface area contributed by atoms with Gasteiger partial charge in [0.05, 0.1) is 5.52 Å². The van der Waals surface area contributed by atoms with E-state index in [0.29, 0.717) is 5.69 Å². The average Bonchev–Trinajstić information content (AvgIpc) is 3.03. The standard InChI is InChI=1S/C20H24N4O/c1-4-24(5-2)13-15-7-6-8-16(12-15)21-20(25)19-17-11-14(3)9-10-18(17)22-23-19/h6-12H,4-5,13H2,1-3H3,(H,21,25)(H,22,23). The van der Waals surface area contributed by atoms with E-state index < -0.39 is 0 Å². The number of carbonyl (C=O) groups is 1. The molecule has 0 radical (unpaired) electrons. The Hall–Kier alpha value is -2.66. The summed E-state index contributed by atoms with van der Waals surface area (Å²) in [5.41, 5.74) is 4.37. The Kier molecular flexibility index (Phi) is 5.14. The van der Waals surface area contributed by atoms with E-state index in [2.05, 4.69) is 40.3 Å². The number of aromatic nitrogens is 2. The second-order valence-corrected chi connectivity index (χ2v) is 6.24. The molecule has 0 bridgehead atoms. The van der Waals surface area contributed by atoms with Crippen molar-refractivity contribution in [3.63, 3.8) is 0 Å². The molecular formula is C20H24N4O. The van der Waals surface area contributed by atoms with Crippen LogP contribution < -0.4 is 5.32 Å². The van der Waals surface area contributed by atoms with Crippen LogP contribution in [0.15, 0.2) is 42.5 Å². The summed E-state index contributed by atoms with van der Waals surface area (Å²) in [5, 5.41) is 10.9. The van der Waals surface area contributed by atoms with Crippen LogP contribution >= 0.6 is 0 Å². The smallest absolute Gasteiger partial charge is 0.276 e. The Morgan fingerprint density at radius 1 is 1.16 bits per heavy atom. The summed E-state index contributed by atoms with van der Waals surface area (Å²) in [5.74, 6) is -0.197. The number of amides is 1. The predicted molar refractivity (Wildman–Crippen MR) is 102 cm³/mol. The number of rotatable bonds is 6. The zero-order valence-electron chi connectivity index (χ0n) is 15.0. The van der Waals surface area contributed by atoms with Crippen molar-refractivity contribution in [2.75, 3.05) is 18.4 Å². The predicted octanol–water partition coefficient (Wildman–Crippen LogP) is 3.97. The van der Waals surface area contributed by atoms with Crippen molar-refractivity contribution in [2.24, 2.45) is 0 Å². The van der Waals surface area contributed by atoms with Crippen LogP contribution in [0, 0.1) is 6.92 Å². The summed E-state index contributed by atoms with van der Waals surface area (Å²) in [4.78, 5) is 15.0. The molecule has 0 aliphatic heterocycles. The largest absolute Gasteiger partial charge is 0.321 e. The number of nitrogens with one attached hydrogen (secondary N) is 2. The molecule has 0 aliphatic carbocycles. The maximum atomic E-state index is 12.6. The van der Waals surface area contributed by atoms with E-state index in [1.807, 2.05) is 43.3 Å². The number of nitrogens with zero attached hydrogens (tertiary/aromatic N) is 2. The summed E-state index contributed by atoms with van der Waals surface area (Å²) in [6, 6.07) is 13.9. The van der Waals surface area contributed by atoms with Crippen molar-refractivity contribution in [3.8, 4) is 0 Å². The molecule has 2 N–H and O–H groups in total. The highest BCUT2D eigenvalue weighted by molar-refractivity contribution is 6.11. The Labute approximate surface area is 148 Å². The van der Waals surface area contributed by atoms with E-state index >= 15 is 0 Å². The molecular weight excluding hydrogens is 312 g/mol. The molecule has 0 spiro atoms. The fourth-order valence-electron chi connectivity index (χ4n) is 2.94. The molecule has 0 saturated carbocycles. The van der Waals surface area contributed by atoms with E-state index in [9.17, 15) is 4.79 Å². The Morgan fingerprint density at radius 3 is 2.72 bits per heavy atom. The number of anilines is 1. The lowest BCUT2D eigenvalue weighted by Crippen LogP contribution is -2.22. The van der Waals surface area contributed by atoms with Crippen molar-refractivity contribution in [2.45, 2.75) is 27.3 Å². The first-order chi connectivity index (χ1) is 12.1. The number of benzene rings is 2. The van der Waals surface area contributed by atoms with Gasteiger partial charge in [-0.05, 0) is 49.8 Å². The van der Waals surface area contributed by atoms with Crippen LogP contribution in [0.4, 0.5) is 5.69 Å². The minimum Gasteiger partial charge on any atom is -0.321 e. The van der Waals surface area contributed by atoms with Crippen molar-refractivity contribution in [1.29, 1.82) is 0 Å². The second kappa shape index (κ2) is 7.49. The fraction of sp³-hybridized carbons (Fsp3) is 0.300. The van der Waals surface area contributed by atoms with Crippen LogP contribution in [0.25, 0.3) is 10.9 Å². The number of fused-ring (bicyclic) bond motifs is 1. The highest BCUT2D eigenvalue weighted by atomic mass is 16.1. The quantitative estimate of drug-likeness (QED) is 0.716.